The van der Waals surface area contributed by atoms with Crippen LogP contribution < -0.4 is 5.32 Å². The van der Waals surface area contributed by atoms with Gasteiger partial charge < -0.3 is 5.32 Å². The van der Waals surface area contributed by atoms with Crippen molar-refractivity contribution in [3.05, 3.63) is 0 Å². The van der Waals surface area contributed by atoms with Gasteiger partial charge in [0.15, 0.2) is 0 Å². The summed E-state index contributed by atoms with van der Waals surface area (Å²) in [5.41, 5.74) is 0. The number of fused-ring (bicyclic) bond motifs is 1. The molecule has 2 fully saturated rings. The molecule has 2 saturated heterocycles. The van der Waals surface area contributed by atoms with Crippen LogP contribution in [0.5, 0.6) is 0 Å². The zero-order chi connectivity index (χ0) is 6.10. The number of rotatable bonds is 0. The predicted molar refractivity (Wildman–Crippen MR) is 37.2 cm³/mol. The number of nitrogens with zero attached hydrogens (tertiary/aromatic N) is 1. The van der Waals surface area contributed by atoms with Crippen LogP contribution in [0.15, 0.2) is 0 Å². The van der Waals surface area contributed by atoms with E-state index in [0.29, 0.717) is 0 Å². The Morgan fingerprint density at radius 3 is 3.00 bits per heavy atom. The minimum Gasteiger partial charge on any atom is -0.302 e. The van der Waals surface area contributed by atoms with Crippen molar-refractivity contribution in [1.82, 2.24) is 10.2 Å². The molecule has 0 bridgehead atoms. The summed E-state index contributed by atoms with van der Waals surface area (Å²) >= 11 is 0. The third-order valence-electron chi connectivity index (χ3n) is 2.37. The van der Waals surface area contributed by atoms with Gasteiger partial charge in [-0.05, 0) is 32.4 Å². The van der Waals surface area contributed by atoms with Crippen LogP contribution in [0, 0.1) is 0 Å². The van der Waals surface area contributed by atoms with Gasteiger partial charge >= 0.3 is 0 Å². The largest absolute Gasteiger partial charge is 0.302 e. The highest BCUT2D eigenvalue weighted by Gasteiger charge is 2.25. The zero-order valence-corrected chi connectivity index (χ0v) is 5.77. The molecule has 0 radical (unpaired) electrons. The highest BCUT2D eigenvalue weighted by molar-refractivity contribution is 4.80. The SMILES string of the molecule is C1CNC2CCCN2C1. The highest BCUT2D eigenvalue weighted by atomic mass is 15.3. The van der Waals surface area contributed by atoms with Crippen molar-refractivity contribution in [3.8, 4) is 0 Å². The molecule has 0 amide bonds. The monoisotopic (exact) mass is 126 g/mol. The number of hydrogen-bond acceptors (Lipinski definition) is 2. The Morgan fingerprint density at radius 1 is 1.22 bits per heavy atom. The highest BCUT2D eigenvalue weighted by Crippen LogP contribution is 2.17. The molecule has 2 nitrogen and oxygen atoms in total. The van der Waals surface area contributed by atoms with Gasteiger partial charge in [0, 0.05) is 6.54 Å². The quantitative estimate of drug-likeness (QED) is 0.505. The summed E-state index contributed by atoms with van der Waals surface area (Å²) in [6.45, 7) is 3.90. The Labute approximate surface area is 56.2 Å². The number of hydrogen-bond donors (Lipinski definition) is 1. The maximum Gasteiger partial charge on any atom is 0.0597 e. The van der Waals surface area contributed by atoms with E-state index in [0.717, 1.165) is 6.17 Å². The van der Waals surface area contributed by atoms with Crippen LogP contribution in [0.25, 0.3) is 0 Å². The van der Waals surface area contributed by atoms with Crippen molar-refractivity contribution in [2.24, 2.45) is 0 Å². The van der Waals surface area contributed by atoms with Crippen molar-refractivity contribution in [1.29, 1.82) is 0 Å². The van der Waals surface area contributed by atoms with E-state index < -0.39 is 0 Å². The second-order valence-electron chi connectivity index (χ2n) is 3.00. The molecule has 0 aromatic rings. The first-order valence-corrected chi connectivity index (χ1v) is 3.94. The van der Waals surface area contributed by atoms with E-state index in [1.54, 1.807) is 0 Å². The van der Waals surface area contributed by atoms with E-state index in [-0.39, 0.29) is 0 Å². The summed E-state index contributed by atoms with van der Waals surface area (Å²) in [6.07, 6.45) is 4.87. The van der Waals surface area contributed by atoms with Gasteiger partial charge in [-0.25, -0.2) is 0 Å². The first kappa shape index (κ1) is 5.69. The van der Waals surface area contributed by atoms with Gasteiger partial charge in [-0.1, -0.05) is 0 Å². The standard InChI is InChI=1S/C7H14N2/c1-3-7-8-4-2-6-9(7)5-1/h7-8H,1-6H2. The van der Waals surface area contributed by atoms with Gasteiger partial charge in [-0.3, -0.25) is 4.90 Å². The normalized spacial score (nSPS) is 36.7. The minimum absolute atomic E-state index is 0.749. The predicted octanol–water partition coefficient (Wildman–Crippen LogP) is 0.402. The third-order valence-corrected chi connectivity index (χ3v) is 2.37. The van der Waals surface area contributed by atoms with E-state index in [4.69, 9.17) is 0 Å². The maximum atomic E-state index is 3.51. The molecule has 1 N–H and O–H groups in total. The average Bonchev–Trinajstić information content (AvgIpc) is 2.33. The molecule has 2 aliphatic rings. The molecule has 2 heteroatoms. The second kappa shape index (κ2) is 2.27. The van der Waals surface area contributed by atoms with Gasteiger partial charge in [0.2, 0.25) is 0 Å². The van der Waals surface area contributed by atoms with Gasteiger partial charge in [-0.15, -0.1) is 0 Å². The van der Waals surface area contributed by atoms with Crippen LogP contribution in [0.1, 0.15) is 19.3 Å². The Hall–Kier alpha value is -0.0800. The van der Waals surface area contributed by atoms with Gasteiger partial charge in [0.05, 0.1) is 6.17 Å². The average molecular weight is 126 g/mol. The van der Waals surface area contributed by atoms with Crippen LogP contribution in [0.4, 0.5) is 0 Å². The van der Waals surface area contributed by atoms with Crippen LogP contribution in [0.2, 0.25) is 0 Å². The lowest BCUT2D eigenvalue weighted by Crippen LogP contribution is -2.47. The summed E-state index contributed by atoms with van der Waals surface area (Å²) in [7, 11) is 0. The Morgan fingerprint density at radius 2 is 2.11 bits per heavy atom. The molecule has 2 rings (SSSR count). The summed E-state index contributed by atoms with van der Waals surface area (Å²) in [6, 6.07) is 0. The summed E-state index contributed by atoms with van der Waals surface area (Å²) in [5, 5.41) is 3.51. The molecule has 2 aliphatic heterocycles. The van der Waals surface area contributed by atoms with Crippen LogP contribution in [-0.4, -0.2) is 30.7 Å². The maximum absolute atomic E-state index is 3.51. The molecule has 52 valence electrons. The fourth-order valence-electron chi connectivity index (χ4n) is 1.88. The van der Waals surface area contributed by atoms with Crippen molar-refractivity contribution >= 4 is 0 Å². The molecule has 0 aromatic carbocycles. The van der Waals surface area contributed by atoms with E-state index in [1.165, 1.54) is 38.9 Å². The van der Waals surface area contributed by atoms with Crippen molar-refractivity contribution in [2.75, 3.05) is 19.6 Å². The molecule has 9 heavy (non-hydrogen) atoms. The Bertz CT molecular complexity index is 91.1. The Kier molecular flexibility index (Phi) is 1.44. The fourth-order valence-corrected chi connectivity index (χ4v) is 1.88. The lowest BCUT2D eigenvalue weighted by Gasteiger charge is -2.30. The van der Waals surface area contributed by atoms with Crippen molar-refractivity contribution in [3.63, 3.8) is 0 Å². The van der Waals surface area contributed by atoms with Gasteiger partial charge in [-0.2, -0.15) is 0 Å². The lowest BCUT2D eigenvalue weighted by atomic mass is 10.2. The molecule has 0 aromatic heterocycles. The van der Waals surface area contributed by atoms with Crippen molar-refractivity contribution < 1.29 is 0 Å². The smallest absolute Gasteiger partial charge is 0.0597 e. The molecule has 1 atom stereocenters. The second-order valence-corrected chi connectivity index (χ2v) is 3.00. The minimum atomic E-state index is 0.749. The summed E-state index contributed by atoms with van der Waals surface area (Å²) in [4.78, 5) is 2.56. The molecule has 0 saturated carbocycles. The van der Waals surface area contributed by atoms with Crippen LogP contribution in [0.3, 0.4) is 0 Å². The molecule has 0 aliphatic carbocycles. The summed E-state index contributed by atoms with van der Waals surface area (Å²) < 4.78 is 0. The van der Waals surface area contributed by atoms with E-state index in [2.05, 4.69) is 10.2 Å². The van der Waals surface area contributed by atoms with Crippen LogP contribution >= 0.6 is 0 Å². The molecular formula is C7H14N2. The Balaban J connectivity index is 1.97. The molecule has 2 heterocycles. The van der Waals surface area contributed by atoms with Gasteiger partial charge in [0.25, 0.3) is 0 Å². The fraction of sp³-hybridized carbons (Fsp3) is 1.00. The zero-order valence-electron chi connectivity index (χ0n) is 5.77. The van der Waals surface area contributed by atoms with E-state index in [9.17, 15) is 0 Å². The first-order valence-electron chi connectivity index (χ1n) is 3.94. The topological polar surface area (TPSA) is 15.3 Å². The summed E-state index contributed by atoms with van der Waals surface area (Å²) in [5.74, 6) is 0. The molecular weight excluding hydrogens is 112 g/mol. The number of nitrogens with one attached hydrogen (secondary N) is 1. The first-order chi connectivity index (χ1) is 4.47. The molecule has 0 spiro atoms. The van der Waals surface area contributed by atoms with Gasteiger partial charge in [0.1, 0.15) is 0 Å². The van der Waals surface area contributed by atoms with E-state index >= 15 is 0 Å². The van der Waals surface area contributed by atoms with E-state index in [1.807, 2.05) is 0 Å². The third kappa shape index (κ3) is 0.970. The lowest BCUT2D eigenvalue weighted by molar-refractivity contribution is 0.179. The molecule has 1 unspecified atom stereocenters. The van der Waals surface area contributed by atoms with Crippen LogP contribution in [-0.2, 0) is 0 Å². The van der Waals surface area contributed by atoms with Crippen molar-refractivity contribution in [2.45, 2.75) is 25.4 Å².